The van der Waals surface area contributed by atoms with Gasteiger partial charge in [-0.15, -0.1) is 0 Å². The first-order chi connectivity index (χ1) is 8.66. The minimum Gasteiger partial charge on any atom is -0.398 e. The number of rotatable bonds is 4. The third-order valence-corrected chi connectivity index (χ3v) is 3.50. The molecule has 1 aromatic rings. The summed E-state index contributed by atoms with van der Waals surface area (Å²) < 4.78 is 0. The van der Waals surface area contributed by atoms with Crippen molar-refractivity contribution in [2.75, 3.05) is 31.9 Å². The number of anilines is 1. The van der Waals surface area contributed by atoms with Crippen LogP contribution in [0, 0.1) is 0 Å². The number of nitrogen functional groups attached to an aromatic ring is 1. The van der Waals surface area contributed by atoms with Crippen molar-refractivity contribution in [3.05, 3.63) is 28.8 Å². The van der Waals surface area contributed by atoms with E-state index in [2.05, 4.69) is 10.2 Å². The molecule has 18 heavy (non-hydrogen) atoms. The number of halogens is 1. The van der Waals surface area contributed by atoms with E-state index < -0.39 is 0 Å². The predicted octanol–water partition coefficient (Wildman–Crippen LogP) is 1.75. The van der Waals surface area contributed by atoms with E-state index in [9.17, 15) is 4.79 Å². The Labute approximate surface area is 112 Å². The number of hydrogen-bond donors (Lipinski definition) is 2. The van der Waals surface area contributed by atoms with Crippen LogP contribution in [0.15, 0.2) is 18.2 Å². The van der Waals surface area contributed by atoms with Gasteiger partial charge in [0.2, 0.25) is 0 Å². The lowest BCUT2D eigenvalue weighted by atomic mass is 10.2. The molecule has 98 valence electrons. The van der Waals surface area contributed by atoms with E-state index in [1.54, 1.807) is 18.2 Å². The Morgan fingerprint density at radius 3 is 2.78 bits per heavy atom. The highest BCUT2D eigenvalue weighted by Gasteiger charge is 2.12. The number of likely N-dealkylation sites (tertiary alicyclic amines) is 1. The minimum absolute atomic E-state index is 0.101. The molecule has 0 atom stereocenters. The molecule has 4 nitrogen and oxygen atoms in total. The molecule has 1 amide bonds. The zero-order valence-electron chi connectivity index (χ0n) is 10.3. The second-order valence-corrected chi connectivity index (χ2v) is 4.95. The SMILES string of the molecule is Nc1ccc(C(=O)NCCN2CCCC2)cc1Cl. The monoisotopic (exact) mass is 267 g/mol. The summed E-state index contributed by atoms with van der Waals surface area (Å²) in [6.07, 6.45) is 2.53. The van der Waals surface area contributed by atoms with Crippen LogP contribution in [0.25, 0.3) is 0 Å². The van der Waals surface area contributed by atoms with Gasteiger partial charge in [0.1, 0.15) is 0 Å². The largest absolute Gasteiger partial charge is 0.398 e. The average Bonchev–Trinajstić information content (AvgIpc) is 2.85. The van der Waals surface area contributed by atoms with Crippen molar-refractivity contribution in [2.24, 2.45) is 0 Å². The molecule has 0 unspecified atom stereocenters. The highest BCUT2D eigenvalue weighted by Crippen LogP contribution is 2.19. The number of nitrogens with two attached hydrogens (primary N) is 1. The molecule has 1 saturated heterocycles. The molecule has 0 aliphatic carbocycles. The molecule has 1 fully saturated rings. The standard InChI is InChI=1S/C13H18ClN3O/c14-11-9-10(3-4-12(11)15)13(18)16-5-8-17-6-1-2-7-17/h3-4,9H,1-2,5-8,15H2,(H,16,18). The second kappa shape index (κ2) is 6.07. The van der Waals surface area contributed by atoms with E-state index in [0.29, 0.717) is 22.8 Å². The topological polar surface area (TPSA) is 58.4 Å². The third-order valence-electron chi connectivity index (χ3n) is 3.17. The van der Waals surface area contributed by atoms with Crippen LogP contribution in [0.2, 0.25) is 5.02 Å². The Bertz CT molecular complexity index is 430. The molecule has 1 heterocycles. The Hall–Kier alpha value is -1.26. The van der Waals surface area contributed by atoms with Crippen molar-refractivity contribution in [1.82, 2.24) is 10.2 Å². The molecule has 1 aliphatic rings. The Kier molecular flexibility index (Phi) is 4.44. The van der Waals surface area contributed by atoms with Gasteiger partial charge in [0.15, 0.2) is 0 Å². The third kappa shape index (κ3) is 3.37. The first-order valence-corrected chi connectivity index (χ1v) is 6.60. The Morgan fingerprint density at radius 2 is 2.11 bits per heavy atom. The highest BCUT2D eigenvalue weighted by atomic mass is 35.5. The zero-order valence-corrected chi connectivity index (χ0v) is 11.0. The molecular formula is C13H18ClN3O. The number of benzene rings is 1. The van der Waals surface area contributed by atoms with Gasteiger partial charge in [0.25, 0.3) is 5.91 Å². The van der Waals surface area contributed by atoms with Crippen molar-refractivity contribution in [3.8, 4) is 0 Å². The van der Waals surface area contributed by atoms with Gasteiger partial charge in [-0.2, -0.15) is 0 Å². The molecule has 2 rings (SSSR count). The summed E-state index contributed by atoms with van der Waals surface area (Å²) in [6, 6.07) is 4.94. The molecule has 0 bridgehead atoms. The fraction of sp³-hybridized carbons (Fsp3) is 0.462. The van der Waals surface area contributed by atoms with Crippen LogP contribution in [0.4, 0.5) is 5.69 Å². The van der Waals surface area contributed by atoms with Gasteiger partial charge in [-0.25, -0.2) is 0 Å². The fourth-order valence-electron chi connectivity index (χ4n) is 2.10. The van der Waals surface area contributed by atoms with Crippen molar-refractivity contribution < 1.29 is 4.79 Å². The molecule has 1 aliphatic heterocycles. The number of carbonyl (C=O) groups is 1. The molecule has 0 aromatic heterocycles. The highest BCUT2D eigenvalue weighted by molar-refractivity contribution is 6.33. The minimum atomic E-state index is -0.101. The van der Waals surface area contributed by atoms with Gasteiger partial charge in [0.05, 0.1) is 10.7 Å². The zero-order chi connectivity index (χ0) is 13.0. The van der Waals surface area contributed by atoms with Gasteiger partial charge in [-0.1, -0.05) is 11.6 Å². The number of amides is 1. The second-order valence-electron chi connectivity index (χ2n) is 4.54. The maximum absolute atomic E-state index is 11.9. The van der Waals surface area contributed by atoms with E-state index in [4.69, 9.17) is 17.3 Å². The maximum atomic E-state index is 11.9. The van der Waals surface area contributed by atoms with Gasteiger partial charge < -0.3 is 16.0 Å². The summed E-state index contributed by atoms with van der Waals surface area (Å²) in [5.74, 6) is -0.101. The number of hydrogen-bond acceptors (Lipinski definition) is 3. The van der Waals surface area contributed by atoms with Crippen molar-refractivity contribution >= 4 is 23.2 Å². The summed E-state index contributed by atoms with van der Waals surface area (Å²) in [5, 5.41) is 3.31. The lowest BCUT2D eigenvalue weighted by Crippen LogP contribution is -2.33. The van der Waals surface area contributed by atoms with E-state index in [1.165, 1.54) is 12.8 Å². The summed E-state index contributed by atoms with van der Waals surface area (Å²) >= 11 is 5.88. The Balaban J connectivity index is 1.81. The van der Waals surface area contributed by atoms with Gasteiger partial charge in [0, 0.05) is 18.7 Å². The van der Waals surface area contributed by atoms with E-state index in [0.717, 1.165) is 19.6 Å². The molecule has 0 radical (unpaired) electrons. The molecule has 0 saturated carbocycles. The number of carbonyl (C=O) groups excluding carboxylic acids is 1. The molecule has 3 N–H and O–H groups in total. The lowest BCUT2D eigenvalue weighted by Gasteiger charge is -2.14. The van der Waals surface area contributed by atoms with Crippen LogP contribution in [0.5, 0.6) is 0 Å². The van der Waals surface area contributed by atoms with Crippen LogP contribution in [-0.4, -0.2) is 37.0 Å². The average molecular weight is 268 g/mol. The van der Waals surface area contributed by atoms with Crippen LogP contribution in [-0.2, 0) is 0 Å². The van der Waals surface area contributed by atoms with Crippen molar-refractivity contribution in [3.63, 3.8) is 0 Å². The summed E-state index contributed by atoms with van der Waals surface area (Å²) in [5.41, 5.74) is 6.64. The van der Waals surface area contributed by atoms with Crippen molar-refractivity contribution in [1.29, 1.82) is 0 Å². The van der Waals surface area contributed by atoms with E-state index in [-0.39, 0.29) is 5.91 Å². The summed E-state index contributed by atoms with van der Waals surface area (Å²) in [6.45, 7) is 3.86. The fourth-order valence-corrected chi connectivity index (χ4v) is 2.28. The number of nitrogens with zero attached hydrogens (tertiary/aromatic N) is 1. The van der Waals surface area contributed by atoms with E-state index in [1.807, 2.05) is 0 Å². The smallest absolute Gasteiger partial charge is 0.251 e. The van der Waals surface area contributed by atoms with Crippen LogP contribution >= 0.6 is 11.6 Å². The van der Waals surface area contributed by atoms with Crippen LogP contribution in [0.1, 0.15) is 23.2 Å². The van der Waals surface area contributed by atoms with Gasteiger partial charge in [-0.05, 0) is 44.1 Å². The normalized spacial score (nSPS) is 15.8. The van der Waals surface area contributed by atoms with Gasteiger partial charge >= 0.3 is 0 Å². The first-order valence-electron chi connectivity index (χ1n) is 6.22. The first kappa shape index (κ1) is 13.2. The van der Waals surface area contributed by atoms with Crippen LogP contribution < -0.4 is 11.1 Å². The van der Waals surface area contributed by atoms with Gasteiger partial charge in [-0.3, -0.25) is 4.79 Å². The molecule has 1 aromatic carbocycles. The quantitative estimate of drug-likeness (QED) is 0.817. The predicted molar refractivity (Wildman–Crippen MR) is 73.9 cm³/mol. The summed E-state index contributed by atoms with van der Waals surface area (Å²) in [4.78, 5) is 14.2. The number of nitrogens with one attached hydrogen (secondary N) is 1. The van der Waals surface area contributed by atoms with Crippen molar-refractivity contribution in [2.45, 2.75) is 12.8 Å². The summed E-state index contributed by atoms with van der Waals surface area (Å²) in [7, 11) is 0. The lowest BCUT2D eigenvalue weighted by molar-refractivity contribution is 0.0950. The Morgan fingerprint density at radius 1 is 1.39 bits per heavy atom. The molecule has 0 spiro atoms. The molecule has 5 heteroatoms. The molecular weight excluding hydrogens is 250 g/mol. The van der Waals surface area contributed by atoms with Crippen LogP contribution in [0.3, 0.4) is 0 Å². The van der Waals surface area contributed by atoms with E-state index >= 15 is 0 Å². The maximum Gasteiger partial charge on any atom is 0.251 e.